The summed E-state index contributed by atoms with van der Waals surface area (Å²) in [4.78, 5) is 17.2. The molecule has 0 bridgehead atoms. The molecular formula is C14H18ClN5. The third-order valence-electron chi connectivity index (χ3n) is 2.88. The highest BCUT2D eigenvalue weighted by molar-refractivity contribution is 6.30. The summed E-state index contributed by atoms with van der Waals surface area (Å²) in [7, 11) is 0. The first-order chi connectivity index (χ1) is 9.60. The monoisotopic (exact) mass is 291 g/mol. The van der Waals surface area contributed by atoms with Crippen molar-refractivity contribution >= 4 is 17.4 Å². The lowest BCUT2D eigenvalue weighted by molar-refractivity contribution is 0.828. The van der Waals surface area contributed by atoms with E-state index < -0.39 is 0 Å². The van der Waals surface area contributed by atoms with Gasteiger partial charge in [-0.15, -0.1) is 0 Å². The van der Waals surface area contributed by atoms with Crippen LogP contribution in [0.4, 0.5) is 5.82 Å². The van der Waals surface area contributed by atoms with Crippen LogP contribution in [0.5, 0.6) is 0 Å². The summed E-state index contributed by atoms with van der Waals surface area (Å²) in [5.74, 6) is 2.29. The van der Waals surface area contributed by atoms with Gasteiger partial charge in [0.15, 0.2) is 0 Å². The topological polar surface area (TPSA) is 63.6 Å². The number of aryl methyl sites for hydroxylation is 2. The highest BCUT2D eigenvalue weighted by Crippen LogP contribution is 2.20. The Balaban J connectivity index is 2.16. The van der Waals surface area contributed by atoms with Crippen molar-refractivity contribution in [2.45, 2.75) is 40.2 Å². The summed E-state index contributed by atoms with van der Waals surface area (Å²) < 4.78 is 0. The van der Waals surface area contributed by atoms with Gasteiger partial charge >= 0.3 is 0 Å². The molecule has 2 heterocycles. The number of rotatable bonds is 5. The first kappa shape index (κ1) is 14.7. The maximum absolute atomic E-state index is 6.14. The molecule has 0 aliphatic rings. The van der Waals surface area contributed by atoms with Gasteiger partial charge in [0, 0.05) is 18.2 Å². The van der Waals surface area contributed by atoms with E-state index in [4.69, 9.17) is 11.6 Å². The van der Waals surface area contributed by atoms with Crippen LogP contribution in [0.1, 0.15) is 36.3 Å². The molecule has 0 aliphatic heterocycles. The number of hydrogen-bond donors (Lipinski definition) is 1. The molecule has 106 valence electrons. The minimum Gasteiger partial charge on any atom is -0.364 e. The van der Waals surface area contributed by atoms with Crippen molar-refractivity contribution in [1.82, 2.24) is 19.9 Å². The molecule has 0 aliphatic carbocycles. The first-order valence-corrected chi connectivity index (χ1v) is 7.03. The summed E-state index contributed by atoms with van der Waals surface area (Å²) in [5.41, 5.74) is 1.78. The van der Waals surface area contributed by atoms with Crippen molar-refractivity contribution in [3.63, 3.8) is 0 Å². The SMILES string of the molecule is CCCc1nc(Cl)c(C)c(NCc2ccnc(C)n2)n1. The summed E-state index contributed by atoms with van der Waals surface area (Å²) >= 11 is 6.14. The van der Waals surface area contributed by atoms with E-state index >= 15 is 0 Å². The second-order valence-corrected chi connectivity index (χ2v) is 4.96. The number of halogens is 1. The van der Waals surface area contributed by atoms with Gasteiger partial charge in [0.05, 0.1) is 12.2 Å². The van der Waals surface area contributed by atoms with Crippen LogP contribution in [-0.2, 0) is 13.0 Å². The molecule has 2 rings (SSSR count). The Morgan fingerprint density at radius 3 is 2.70 bits per heavy atom. The molecule has 20 heavy (non-hydrogen) atoms. The second kappa shape index (κ2) is 6.61. The van der Waals surface area contributed by atoms with Crippen molar-refractivity contribution in [1.29, 1.82) is 0 Å². The maximum Gasteiger partial charge on any atom is 0.137 e. The van der Waals surface area contributed by atoms with Crippen molar-refractivity contribution < 1.29 is 0 Å². The molecule has 1 N–H and O–H groups in total. The summed E-state index contributed by atoms with van der Waals surface area (Å²) in [6.45, 7) is 6.46. The van der Waals surface area contributed by atoms with Crippen molar-refractivity contribution in [2.24, 2.45) is 0 Å². The minimum atomic E-state index is 0.504. The molecular weight excluding hydrogens is 274 g/mol. The van der Waals surface area contributed by atoms with E-state index in [0.29, 0.717) is 11.7 Å². The number of aromatic nitrogens is 4. The fourth-order valence-corrected chi connectivity index (χ4v) is 2.01. The molecule has 0 radical (unpaired) electrons. The Kier molecular flexibility index (Phi) is 4.84. The zero-order valence-corrected chi connectivity index (χ0v) is 12.7. The Morgan fingerprint density at radius 2 is 2.00 bits per heavy atom. The van der Waals surface area contributed by atoms with Crippen molar-refractivity contribution in [2.75, 3.05) is 5.32 Å². The average molecular weight is 292 g/mol. The third-order valence-corrected chi connectivity index (χ3v) is 3.24. The number of anilines is 1. The number of nitrogens with zero attached hydrogens (tertiary/aromatic N) is 4. The molecule has 0 fully saturated rings. The Hall–Kier alpha value is -1.75. The van der Waals surface area contributed by atoms with Crippen LogP contribution in [0.3, 0.4) is 0 Å². The van der Waals surface area contributed by atoms with Crippen LogP contribution < -0.4 is 5.32 Å². The van der Waals surface area contributed by atoms with Gasteiger partial charge in [-0.05, 0) is 26.3 Å². The molecule has 2 aromatic heterocycles. The van der Waals surface area contributed by atoms with E-state index in [2.05, 4.69) is 32.2 Å². The van der Waals surface area contributed by atoms with Gasteiger partial charge in [0.2, 0.25) is 0 Å². The zero-order valence-electron chi connectivity index (χ0n) is 11.9. The summed E-state index contributed by atoms with van der Waals surface area (Å²) in [5, 5.41) is 3.77. The lowest BCUT2D eigenvalue weighted by Crippen LogP contribution is -2.09. The van der Waals surface area contributed by atoms with Gasteiger partial charge in [0.1, 0.15) is 22.6 Å². The first-order valence-electron chi connectivity index (χ1n) is 6.65. The van der Waals surface area contributed by atoms with Crippen LogP contribution in [0.25, 0.3) is 0 Å². The second-order valence-electron chi connectivity index (χ2n) is 4.60. The molecule has 0 amide bonds. The third kappa shape index (κ3) is 3.63. The zero-order chi connectivity index (χ0) is 14.5. The smallest absolute Gasteiger partial charge is 0.137 e. The highest BCUT2D eigenvalue weighted by atomic mass is 35.5. The van der Waals surface area contributed by atoms with Crippen LogP contribution in [-0.4, -0.2) is 19.9 Å². The molecule has 0 spiro atoms. The summed E-state index contributed by atoms with van der Waals surface area (Å²) in [6.07, 6.45) is 3.56. The fraction of sp³-hybridized carbons (Fsp3) is 0.429. The molecule has 2 aromatic rings. The van der Waals surface area contributed by atoms with Crippen LogP contribution >= 0.6 is 11.6 Å². The Labute approximate surface area is 123 Å². The number of nitrogens with one attached hydrogen (secondary N) is 1. The fourth-order valence-electron chi connectivity index (χ4n) is 1.82. The van der Waals surface area contributed by atoms with Gasteiger partial charge in [-0.3, -0.25) is 0 Å². The van der Waals surface area contributed by atoms with Gasteiger partial charge < -0.3 is 5.32 Å². The van der Waals surface area contributed by atoms with Gasteiger partial charge in [0.25, 0.3) is 0 Å². The van der Waals surface area contributed by atoms with E-state index in [9.17, 15) is 0 Å². The summed E-state index contributed by atoms with van der Waals surface area (Å²) in [6, 6.07) is 1.88. The lowest BCUT2D eigenvalue weighted by atomic mass is 10.3. The lowest BCUT2D eigenvalue weighted by Gasteiger charge is -2.11. The quantitative estimate of drug-likeness (QED) is 0.858. The van der Waals surface area contributed by atoms with Crippen molar-refractivity contribution in [3.8, 4) is 0 Å². The molecule has 0 saturated carbocycles. The van der Waals surface area contributed by atoms with Crippen molar-refractivity contribution in [3.05, 3.63) is 40.3 Å². The van der Waals surface area contributed by atoms with E-state index in [1.54, 1.807) is 6.20 Å². The van der Waals surface area contributed by atoms with E-state index in [-0.39, 0.29) is 0 Å². The maximum atomic E-state index is 6.14. The standard InChI is InChI=1S/C14H18ClN5/c1-4-5-12-19-13(15)9(2)14(20-12)17-8-11-6-7-16-10(3)18-11/h6-7H,4-5,8H2,1-3H3,(H,17,19,20). The van der Waals surface area contributed by atoms with Gasteiger partial charge in [-0.1, -0.05) is 18.5 Å². The Morgan fingerprint density at radius 1 is 1.20 bits per heavy atom. The minimum absolute atomic E-state index is 0.504. The van der Waals surface area contributed by atoms with E-state index in [0.717, 1.165) is 41.6 Å². The van der Waals surface area contributed by atoms with Crippen LogP contribution in [0, 0.1) is 13.8 Å². The van der Waals surface area contributed by atoms with Gasteiger partial charge in [-0.2, -0.15) is 0 Å². The largest absolute Gasteiger partial charge is 0.364 e. The highest BCUT2D eigenvalue weighted by Gasteiger charge is 2.09. The normalized spacial score (nSPS) is 10.6. The predicted octanol–water partition coefficient (Wildman–Crippen LogP) is 3.10. The van der Waals surface area contributed by atoms with E-state index in [1.165, 1.54) is 0 Å². The van der Waals surface area contributed by atoms with Crippen LogP contribution in [0.15, 0.2) is 12.3 Å². The molecule has 5 nitrogen and oxygen atoms in total. The molecule has 6 heteroatoms. The Bertz CT molecular complexity index is 600. The van der Waals surface area contributed by atoms with Crippen LogP contribution in [0.2, 0.25) is 5.15 Å². The molecule has 0 aromatic carbocycles. The van der Waals surface area contributed by atoms with E-state index in [1.807, 2.05) is 19.9 Å². The predicted molar refractivity (Wildman–Crippen MR) is 79.9 cm³/mol. The van der Waals surface area contributed by atoms with Gasteiger partial charge in [-0.25, -0.2) is 19.9 Å². The molecule has 0 saturated heterocycles. The number of hydrogen-bond acceptors (Lipinski definition) is 5. The molecule has 0 unspecified atom stereocenters. The molecule has 0 atom stereocenters. The average Bonchev–Trinajstić information content (AvgIpc) is 2.41.